The maximum absolute atomic E-state index is 5.88. The molecule has 4 nitrogen and oxygen atoms in total. The molecule has 4 aromatic rings. The van der Waals surface area contributed by atoms with Crippen LogP contribution in [0.1, 0.15) is 11.1 Å². The van der Waals surface area contributed by atoms with Crippen LogP contribution in [0.5, 0.6) is 0 Å². The minimum Gasteiger partial charge on any atom is -0.453 e. The summed E-state index contributed by atoms with van der Waals surface area (Å²) in [7, 11) is 0. The molecule has 0 atom stereocenters. The Morgan fingerprint density at radius 3 is 2.90 bits per heavy atom. The molecule has 2 aromatic heterocycles. The zero-order valence-electron chi connectivity index (χ0n) is 11.7. The molecule has 0 radical (unpaired) electrons. The average molecular weight is 277 g/mol. The number of nitrogens with zero attached hydrogens (tertiary/aromatic N) is 1. The molecule has 4 rings (SSSR count). The Bertz CT molecular complexity index is 949. The second-order valence-electron chi connectivity index (χ2n) is 5.29. The van der Waals surface area contributed by atoms with E-state index in [9.17, 15) is 0 Å². The fourth-order valence-electron chi connectivity index (χ4n) is 2.58. The van der Waals surface area contributed by atoms with Gasteiger partial charge in [-0.2, -0.15) is 0 Å². The number of nitrogens with one attached hydrogen (secondary N) is 1. The molecule has 2 heterocycles. The van der Waals surface area contributed by atoms with Gasteiger partial charge in [-0.1, -0.05) is 17.7 Å². The number of aromatic nitrogens is 2. The van der Waals surface area contributed by atoms with Gasteiger partial charge in [0.25, 0.3) is 0 Å². The lowest BCUT2D eigenvalue weighted by Crippen LogP contribution is -1.95. The van der Waals surface area contributed by atoms with E-state index in [1.54, 1.807) is 0 Å². The highest BCUT2D eigenvalue weighted by atomic mass is 16.3. The van der Waals surface area contributed by atoms with E-state index in [0.717, 1.165) is 39.2 Å². The van der Waals surface area contributed by atoms with E-state index in [0.29, 0.717) is 6.54 Å². The molecule has 0 aliphatic carbocycles. The number of rotatable bonds is 2. The Labute approximate surface area is 121 Å². The second-order valence-corrected chi connectivity index (χ2v) is 5.29. The Hall–Kier alpha value is -2.59. The summed E-state index contributed by atoms with van der Waals surface area (Å²) in [6.45, 7) is 2.59. The summed E-state index contributed by atoms with van der Waals surface area (Å²) < 4.78 is 5.88. The Morgan fingerprint density at radius 1 is 1.14 bits per heavy atom. The molecule has 0 saturated heterocycles. The van der Waals surface area contributed by atoms with Crippen LogP contribution in [0.4, 0.5) is 0 Å². The molecular weight excluding hydrogens is 262 g/mol. The van der Waals surface area contributed by atoms with Crippen molar-refractivity contribution >= 4 is 22.0 Å². The maximum Gasteiger partial charge on any atom is 0.174 e. The molecule has 104 valence electrons. The Kier molecular flexibility index (Phi) is 2.59. The SMILES string of the molecule is Cc1ccc2oc(-c3nc4ccc(CN)cc4[nH]3)cc2c1. The minimum atomic E-state index is 0.522. The monoisotopic (exact) mass is 277 g/mol. The number of hydrogen-bond donors (Lipinski definition) is 2. The molecule has 21 heavy (non-hydrogen) atoms. The van der Waals surface area contributed by atoms with Crippen LogP contribution in [0.15, 0.2) is 46.9 Å². The fraction of sp³-hybridized carbons (Fsp3) is 0.118. The van der Waals surface area contributed by atoms with Crippen molar-refractivity contribution in [2.75, 3.05) is 0 Å². The first kappa shape index (κ1) is 12.2. The Balaban J connectivity index is 1.87. The topological polar surface area (TPSA) is 67.8 Å². The van der Waals surface area contributed by atoms with Crippen molar-refractivity contribution in [2.24, 2.45) is 5.73 Å². The third-order valence-electron chi connectivity index (χ3n) is 3.69. The van der Waals surface area contributed by atoms with E-state index in [1.165, 1.54) is 5.56 Å². The number of fused-ring (bicyclic) bond motifs is 2. The van der Waals surface area contributed by atoms with Crippen LogP contribution in [0.3, 0.4) is 0 Å². The van der Waals surface area contributed by atoms with E-state index in [1.807, 2.05) is 36.4 Å². The number of aryl methyl sites for hydroxylation is 1. The molecule has 4 heteroatoms. The van der Waals surface area contributed by atoms with Gasteiger partial charge in [0.2, 0.25) is 0 Å². The van der Waals surface area contributed by atoms with Gasteiger partial charge in [-0.05, 0) is 42.8 Å². The Morgan fingerprint density at radius 2 is 2.05 bits per heavy atom. The molecular formula is C17H15N3O. The molecule has 0 amide bonds. The lowest BCUT2D eigenvalue weighted by molar-refractivity contribution is 0.626. The van der Waals surface area contributed by atoms with Crippen molar-refractivity contribution in [2.45, 2.75) is 13.5 Å². The predicted octanol–water partition coefficient (Wildman–Crippen LogP) is 3.74. The summed E-state index contributed by atoms with van der Waals surface area (Å²) in [6.07, 6.45) is 0. The van der Waals surface area contributed by atoms with Gasteiger partial charge in [0, 0.05) is 11.9 Å². The normalized spacial score (nSPS) is 11.5. The van der Waals surface area contributed by atoms with Crippen LogP contribution >= 0.6 is 0 Å². The average Bonchev–Trinajstić information content (AvgIpc) is 3.08. The first-order valence-corrected chi connectivity index (χ1v) is 6.92. The number of benzene rings is 2. The van der Waals surface area contributed by atoms with Crippen LogP contribution in [-0.4, -0.2) is 9.97 Å². The molecule has 0 saturated carbocycles. The van der Waals surface area contributed by atoms with E-state index in [-0.39, 0.29) is 0 Å². The van der Waals surface area contributed by atoms with Crippen molar-refractivity contribution < 1.29 is 4.42 Å². The van der Waals surface area contributed by atoms with Gasteiger partial charge in [-0.3, -0.25) is 0 Å². The smallest absolute Gasteiger partial charge is 0.174 e. The number of nitrogens with two attached hydrogens (primary N) is 1. The van der Waals surface area contributed by atoms with Crippen LogP contribution < -0.4 is 5.73 Å². The number of hydrogen-bond acceptors (Lipinski definition) is 3. The third-order valence-corrected chi connectivity index (χ3v) is 3.69. The van der Waals surface area contributed by atoms with Gasteiger partial charge in [-0.25, -0.2) is 4.98 Å². The highest BCUT2D eigenvalue weighted by Gasteiger charge is 2.11. The molecule has 0 fully saturated rings. The van der Waals surface area contributed by atoms with Crippen molar-refractivity contribution in [1.29, 1.82) is 0 Å². The van der Waals surface area contributed by atoms with E-state index in [2.05, 4.69) is 23.0 Å². The quantitative estimate of drug-likeness (QED) is 0.586. The van der Waals surface area contributed by atoms with E-state index >= 15 is 0 Å². The highest BCUT2D eigenvalue weighted by Crippen LogP contribution is 2.28. The summed E-state index contributed by atoms with van der Waals surface area (Å²) in [4.78, 5) is 7.89. The van der Waals surface area contributed by atoms with Crippen molar-refractivity contribution in [3.05, 3.63) is 53.6 Å². The summed E-state index contributed by atoms with van der Waals surface area (Å²) in [6, 6.07) is 14.2. The third kappa shape index (κ3) is 2.00. The van der Waals surface area contributed by atoms with Crippen LogP contribution in [0.2, 0.25) is 0 Å². The first-order valence-electron chi connectivity index (χ1n) is 6.92. The lowest BCUT2D eigenvalue weighted by atomic mass is 10.2. The lowest BCUT2D eigenvalue weighted by Gasteiger charge is -1.94. The first-order chi connectivity index (χ1) is 10.2. The van der Waals surface area contributed by atoms with Gasteiger partial charge >= 0.3 is 0 Å². The van der Waals surface area contributed by atoms with Crippen LogP contribution in [0.25, 0.3) is 33.6 Å². The largest absolute Gasteiger partial charge is 0.453 e. The second kappa shape index (κ2) is 4.46. The molecule has 3 N–H and O–H groups in total. The fourth-order valence-corrected chi connectivity index (χ4v) is 2.58. The molecule has 2 aromatic carbocycles. The van der Waals surface area contributed by atoms with Crippen LogP contribution in [-0.2, 0) is 6.54 Å². The van der Waals surface area contributed by atoms with Crippen molar-refractivity contribution in [3.63, 3.8) is 0 Å². The summed E-state index contributed by atoms with van der Waals surface area (Å²) >= 11 is 0. The van der Waals surface area contributed by atoms with Crippen molar-refractivity contribution in [1.82, 2.24) is 9.97 Å². The highest BCUT2D eigenvalue weighted by molar-refractivity contribution is 5.85. The molecule has 0 bridgehead atoms. The van der Waals surface area contributed by atoms with Gasteiger partial charge in [0.05, 0.1) is 11.0 Å². The van der Waals surface area contributed by atoms with Crippen molar-refractivity contribution in [3.8, 4) is 11.6 Å². The molecule has 0 aliphatic rings. The van der Waals surface area contributed by atoms with Gasteiger partial charge in [-0.15, -0.1) is 0 Å². The van der Waals surface area contributed by atoms with Gasteiger partial charge in [0.15, 0.2) is 11.6 Å². The zero-order chi connectivity index (χ0) is 14.4. The standard InChI is InChI=1S/C17H15N3O/c1-10-2-5-15-12(6-10)8-16(21-15)17-19-13-4-3-11(9-18)7-14(13)20-17/h2-8H,9,18H2,1H3,(H,19,20). The van der Waals surface area contributed by atoms with E-state index in [4.69, 9.17) is 10.2 Å². The zero-order valence-corrected chi connectivity index (χ0v) is 11.7. The number of furan rings is 1. The summed E-state index contributed by atoms with van der Waals surface area (Å²) in [5, 5.41) is 1.09. The number of H-pyrrole nitrogens is 1. The van der Waals surface area contributed by atoms with Crippen LogP contribution in [0, 0.1) is 6.92 Å². The van der Waals surface area contributed by atoms with E-state index < -0.39 is 0 Å². The van der Waals surface area contributed by atoms with Gasteiger partial charge < -0.3 is 15.1 Å². The predicted molar refractivity (Wildman–Crippen MR) is 83.9 cm³/mol. The number of aromatic amines is 1. The maximum atomic E-state index is 5.88. The van der Waals surface area contributed by atoms with Gasteiger partial charge in [0.1, 0.15) is 5.58 Å². The number of imidazole rings is 1. The molecule has 0 aliphatic heterocycles. The summed E-state index contributed by atoms with van der Waals surface area (Å²) in [5.41, 5.74) is 10.7. The summed E-state index contributed by atoms with van der Waals surface area (Å²) in [5.74, 6) is 1.49. The molecule has 0 unspecified atom stereocenters. The minimum absolute atomic E-state index is 0.522. The molecule has 0 spiro atoms.